The quantitative estimate of drug-likeness (QED) is 0.127. The van der Waals surface area contributed by atoms with E-state index in [1.54, 1.807) is 0 Å². The average molecular weight is 603 g/mol. The van der Waals surface area contributed by atoms with Gasteiger partial charge in [-0.2, -0.15) is 0 Å². The average Bonchev–Trinajstić information content (AvgIpc) is 2.89. The zero-order valence-corrected chi connectivity index (χ0v) is 26.1. The Labute approximate surface area is 250 Å². The van der Waals surface area contributed by atoms with Gasteiger partial charge in [0.05, 0.1) is 66.1 Å². The van der Waals surface area contributed by atoms with E-state index in [2.05, 4.69) is 0 Å². The molecule has 0 unspecified atom stereocenters. The second kappa shape index (κ2) is 22.1. The van der Waals surface area contributed by atoms with Crippen molar-refractivity contribution in [1.82, 2.24) is 0 Å². The molecule has 42 heavy (non-hydrogen) atoms. The summed E-state index contributed by atoms with van der Waals surface area (Å²) >= 11 is 0. The topological polar surface area (TPSA) is 126 Å². The molecular formula is C30H50O12. The third-order valence-corrected chi connectivity index (χ3v) is 4.58. The standard InChI is InChI=1S/C30H50O12/c1-29(2,3)41-27(31)23-37-17-15-33-11-13-35-19-21-39-25-7-9-26(10-8-25)40-22-20-36-14-12-34-16-18-38-24-28(32)42-30(4,5)6/h7-10H,11-24H2,1-6H3. The van der Waals surface area contributed by atoms with Gasteiger partial charge in [0.15, 0.2) is 0 Å². The Bertz CT molecular complexity index is 761. The van der Waals surface area contributed by atoms with Crippen molar-refractivity contribution >= 4 is 11.9 Å². The van der Waals surface area contributed by atoms with Crippen molar-refractivity contribution in [3.8, 4) is 11.5 Å². The van der Waals surface area contributed by atoms with Crippen molar-refractivity contribution in [2.75, 3.05) is 92.5 Å². The summed E-state index contributed by atoms with van der Waals surface area (Å²) in [7, 11) is 0. The van der Waals surface area contributed by atoms with Gasteiger partial charge in [-0.15, -0.1) is 0 Å². The Balaban J connectivity index is 1.90. The number of esters is 2. The monoisotopic (exact) mass is 602 g/mol. The van der Waals surface area contributed by atoms with Gasteiger partial charge >= 0.3 is 11.9 Å². The fraction of sp³-hybridized carbons (Fsp3) is 0.733. The summed E-state index contributed by atoms with van der Waals surface area (Å²) < 4.78 is 53.8. The number of benzene rings is 1. The lowest BCUT2D eigenvalue weighted by atomic mass is 10.2. The number of hydrogen-bond donors (Lipinski definition) is 0. The maximum atomic E-state index is 11.5. The molecule has 0 fully saturated rings. The van der Waals surface area contributed by atoms with Crippen LogP contribution in [0, 0.1) is 0 Å². The number of rotatable bonds is 24. The Morgan fingerprint density at radius 1 is 0.452 bits per heavy atom. The molecule has 0 aliphatic rings. The van der Waals surface area contributed by atoms with Crippen LogP contribution in [0.4, 0.5) is 0 Å². The molecule has 12 nitrogen and oxygen atoms in total. The van der Waals surface area contributed by atoms with Crippen LogP contribution in [-0.2, 0) is 47.5 Å². The minimum atomic E-state index is -0.518. The summed E-state index contributed by atoms with van der Waals surface area (Å²) in [4.78, 5) is 23.0. The molecule has 0 amide bonds. The van der Waals surface area contributed by atoms with Crippen molar-refractivity contribution in [3.63, 3.8) is 0 Å². The van der Waals surface area contributed by atoms with Crippen LogP contribution in [0.1, 0.15) is 41.5 Å². The predicted molar refractivity (Wildman–Crippen MR) is 154 cm³/mol. The smallest absolute Gasteiger partial charge is 0.332 e. The van der Waals surface area contributed by atoms with E-state index in [0.29, 0.717) is 90.8 Å². The molecule has 1 rings (SSSR count). The highest BCUT2D eigenvalue weighted by Gasteiger charge is 2.16. The van der Waals surface area contributed by atoms with Crippen LogP contribution in [0.5, 0.6) is 11.5 Å². The molecule has 0 N–H and O–H groups in total. The highest BCUT2D eigenvalue weighted by atomic mass is 16.6. The number of hydrogen-bond acceptors (Lipinski definition) is 12. The molecule has 242 valence electrons. The lowest BCUT2D eigenvalue weighted by Crippen LogP contribution is -2.27. The largest absolute Gasteiger partial charge is 0.491 e. The molecule has 0 saturated heterocycles. The van der Waals surface area contributed by atoms with E-state index >= 15 is 0 Å². The molecule has 0 saturated carbocycles. The van der Waals surface area contributed by atoms with Gasteiger partial charge in [0, 0.05) is 0 Å². The van der Waals surface area contributed by atoms with Gasteiger partial charge < -0.3 is 47.4 Å². The molecule has 1 aromatic carbocycles. The third kappa shape index (κ3) is 24.2. The number of carbonyl (C=O) groups excluding carboxylic acids is 2. The molecule has 0 radical (unpaired) electrons. The first-order valence-corrected chi connectivity index (χ1v) is 14.2. The fourth-order valence-electron chi connectivity index (χ4n) is 3.00. The molecular weight excluding hydrogens is 552 g/mol. The lowest BCUT2D eigenvalue weighted by Gasteiger charge is -2.19. The molecule has 0 atom stereocenters. The van der Waals surface area contributed by atoms with Crippen molar-refractivity contribution in [2.24, 2.45) is 0 Å². The molecule has 0 aliphatic heterocycles. The SMILES string of the molecule is CC(C)(C)OC(=O)COCCOCCOCCOc1ccc(OCCOCCOCCOCC(=O)OC(C)(C)C)cc1. The van der Waals surface area contributed by atoms with E-state index in [1.807, 2.05) is 65.8 Å². The second-order valence-corrected chi connectivity index (χ2v) is 10.9. The molecule has 0 aromatic heterocycles. The van der Waals surface area contributed by atoms with Gasteiger partial charge in [-0.1, -0.05) is 0 Å². The maximum absolute atomic E-state index is 11.5. The van der Waals surface area contributed by atoms with Crippen molar-refractivity contribution in [1.29, 1.82) is 0 Å². The highest BCUT2D eigenvalue weighted by Crippen LogP contribution is 2.17. The minimum Gasteiger partial charge on any atom is -0.491 e. The Hall–Kier alpha value is -2.48. The first-order valence-electron chi connectivity index (χ1n) is 14.2. The minimum absolute atomic E-state index is 0.0919. The van der Waals surface area contributed by atoms with E-state index in [0.717, 1.165) is 0 Å². The van der Waals surface area contributed by atoms with Gasteiger partial charge in [0.1, 0.15) is 49.1 Å². The van der Waals surface area contributed by atoms with Crippen LogP contribution in [0.3, 0.4) is 0 Å². The van der Waals surface area contributed by atoms with Gasteiger partial charge in [0.25, 0.3) is 0 Å². The second-order valence-electron chi connectivity index (χ2n) is 10.9. The van der Waals surface area contributed by atoms with Gasteiger partial charge in [-0.3, -0.25) is 0 Å². The molecule has 0 aliphatic carbocycles. The van der Waals surface area contributed by atoms with Gasteiger partial charge in [0.2, 0.25) is 0 Å². The molecule has 12 heteroatoms. The summed E-state index contributed by atoms with van der Waals surface area (Å²) in [5.74, 6) is 0.644. The van der Waals surface area contributed by atoms with Crippen LogP contribution >= 0.6 is 0 Å². The molecule has 0 bridgehead atoms. The van der Waals surface area contributed by atoms with Gasteiger partial charge in [-0.05, 0) is 65.8 Å². The van der Waals surface area contributed by atoms with Crippen LogP contribution in [0.2, 0.25) is 0 Å². The summed E-state index contributed by atoms with van der Waals surface area (Å²) in [5.41, 5.74) is -1.04. The summed E-state index contributed by atoms with van der Waals surface area (Å²) in [5, 5.41) is 0. The summed E-state index contributed by atoms with van der Waals surface area (Å²) in [6.45, 7) is 15.4. The van der Waals surface area contributed by atoms with Crippen LogP contribution in [-0.4, -0.2) is 116 Å². The Morgan fingerprint density at radius 3 is 1.00 bits per heavy atom. The Kier molecular flexibility index (Phi) is 19.8. The van der Waals surface area contributed by atoms with E-state index in [-0.39, 0.29) is 13.2 Å². The maximum Gasteiger partial charge on any atom is 0.332 e. The van der Waals surface area contributed by atoms with E-state index in [4.69, 9.17) is 47.4 Å². The van der Waals surface area contributed by atoms with Crippen LogP contribution in [0.25, 0.3) is 0 Å². The van der Waals surface area contributed by atoms with Gasteiger partial charge in [-0.25, -0.2) is 9.59 Å². The van der Waals surface area contributed by atoms with Crippen LogP contribution < -0.4 is 9.47 Å². The molecule has 0 heterocycles. The van der Waals surface area contributed by atoms with Crippen molar-refractivity contribution in [3.05, 3.63) is 24.3 Å². The zero-order valence-electron chi connectivity index (χ0n) is 26.1. The summed E-state index contributed by atoms with van der Waals surface area (Å²) in [6, 6.07) is 7.31. The third-order valence-electron chi connectivity index (χ3n) is 4.58. The van der Waals surface area contributed by atoms with E-state index in [1.165, 1.54) is 0 Å². The normalized spacial score (nSPS) is 11.8. The van der Waals surface area contributed by atoms with E-state index in [9.17, 15) is 9.59 Å². The highest BCUT2D eigenvalue weighted by molar-refractivity contribution is 5.71. The number of ether oxygens (including phenoxy) is 10. The summed E-state index contributed by atoms with van der Waals surface area (Å²) in [6.07, 6.45) is 0. The predicted octanol–water partition coefficient (Wildman–Crippen LogP) is 3.23. The number of carbonyl (C=O) groups is 2. The van der Waals surface area contributed by atoms with Crippen LogP contribution in [0.15, 0.2) is 24.3 Å². The van der Waals surface area contributed by atoms with Crippen molar-refractivity contribution < 1.29 is 57.0 Å². The van der Waals surface area contributed by atoms with E-state index < -0.39 is 23.1 Å². The lowest BCUT2D eigenvalue weighted by molar-refractivity contribution is -0.161. The zero-order chi connectivity index (χ0) is 31.1. The molecule has 0 spiro atoms. The Morgan fingerprint density at radius 2 is 0.714 bits per heavy atom. The van der Waals surface area contributed by atoms with Crippen molar-refractivity contribution in [2.45, 2.75) is 52.7 Å². The molecule has 1 aromatic rings. The fourth-order valence-corrected chi connectivity index (χ4v) is 3.00. The first kappa shape index (κ1) is 37.5. The first-order chi connectivity index (χ1) is 19.9.